The fourth-order valence-electron chi connectivity index (χ4n) is 3.74. The highest BCUT2D eigenvalue weighted by atomic mass is 16.6. The first-order valence-corrected chi connectivity index (χ1v) is 9.99. The lowest BCUT2D eigenvalue weighted by Crippen LogP contribution is -2.35. The highest BCUT2D eigenvalue weighted by molar-refractivity contribution is 5.96. The van der Waals surface area contributed by atoms with Crippen molar-refractivity contribution in [1.82, 2.24) is 10.2 Å². The first kappa shape index (κ1) is 20.8. The summed E-state index contributed by atoms with van der Waals surface area (Å²) < 4.78 is 0. The van der Waals surface area contributed by atoms with Crippen molar-refractivity contribution in [2.75, 3.05) is 38.6 Å². The van der Waals surface area contributed by atoms with Crippen LogP contribution < -0.4 is 10.2 Å². The summed E-state index contributed by atoms with van der Waals surface area (Å²) in [4.78, 5) is 28.2. The number of nitrogens with one attached hydrogen (secondary N) is 1. The molecule has 0 radical (unpaired) electrons. The van der Waals surface area contributed by atoms with Crippen LogP contribution in [-0.2, 0) is 0 Å². The normalized spacial score (nSPS) is 15.2. The zero-order valence-electron chi connectivity index (χ0n) is 17.0. The molecule has 1 unspecified atom stereocenters. The van der Waals surface area contributed by atoms with Gasteiger partial charge in [0.05, 0.1) is 11.0 Å². The second-order valence-electron chi connectivity index (χ2n) is 7.71. The van der Waals surface area contributed by atoms with E-state index in [2.05, 4.69) is 5.32 Å². The number of likely N-dealkylation sites (N-methyl/N-ethyl adjacent to an activating group) is 1. The van der Waals surface area contributed by atoms with Gasteiger partial charge in [0.25, 0.3) is 11.6 Å². The van der Waals surface area contributed by atoms with Crippen LogP contribution in [-0.4, -0.2) is 49.5 Å². The van der Waals surface area contributed by atoms with Crippen molar-refractivity contribution in [3.8, 4) is 0 Å². The predicted molar refractivity (Wildman–Crippen MR) is 114 cm³/mol. The van der Waals surface area contributed by atoms with Crippen molar-refractivity contribution in [2.45, 2.75) is 25.3 Å². The Morgan fingerprint density at radius 3 is 2.45 bits per heavy atom. The van der Waals surface area contributed by atoms with Crippen LogP contribution >= 0.6 is 0 Å². The van der Waals surface area contributed by atoms with Gasteiger partial charge >= 0.3 is 0 Å². The van der Waals surface area contributed by atoms with Gasteiger partial charge in [-0.2, -0.15) is 0 Å². The van der Waals surface area contributed by atoms with E-state index in [4.69, 9.17) is 0 Å². The summed E-state index contributed by atoms with van der Waals surface area (Å²) in [5, 5.41) is 14.7. The molecule has 1 aliphatic heterocycles. The van der Waals surface area contributed by atoms with E-state index in [0.717, 1.165) is 37.9 Å². The molecule has 0 aliphatic carbocycles. The third-order valence-electron chi connectivity index (χ3n) is 5.19. The number of rotatable bonds is 7. The topological polar surface area (TPSA) is 78.7 Å². The van der Waals surface area contributed by atoms with Gasteiger partial charge in [0.1, 0.15) is 5.69 Å². The number of benzene rings is 2. The number of piperidine rings is 1. The Labute approximate surface area is 171 Å². The number of carbonyl (C=O) groups is 1. The highest BCUT2D eigenvalue weighted by Gasteiger charge is 2.24. The Hall–Kier alpha value is -2.93. The van der Waals surface area contributed by atoms with E-state index >= 15 is 0 Å². The van der Waals surface area contributed by atoms with Crippen molar-refractivity contribution >= 4 is 17.3 Å². The number of nitro groups is 1. The standard InChI is InChI=1S/C22H28N4O3/c1-24(2)16-19(17-9-5-3-6-10-17)23-22(27)18-11-12-20(21(15-18)26(28)29)25-13-7-4-8-14-25/h3,5-6,9-12,15,19H,4,7-8,13-14,16H2,1-2H3,(H,23,27). The van der Waals surface area contributed by atoms with Crippen LogP contribution in [0, 0.1) is 10.1 Å². The van der Waals surface area contributed by atoms with Crippen molar-refractivity contribution < 1.29 is 9.72 Å². The molecular weight excluding hydrogens is 368 g/mol. The van der Waals surface area contributed by atoms with Crippen molar-refractivity contribution in [1.29, 1.82) is 0 Å². The Morgan fingerprint density at radius 2 is 1.83 bits per heavy atom. The first-order chi connectivity index (χ1) is 14.0. The van der Waals surface area contributed by atoms with Crippen LogP contribution in [0.15, 0.2) is 48.5 Å². The summed E-state index contributed by atoms with van der Waals surface area (Å²) in [6, 6.07) is 14.3. The summed E-state index contributed by atoms with van der Waals surface area (Å²) >= 11 is 0. The van der Waals surface area contributed by atoms with Crippen LogP contribution in [0.5, 0.6) is 0 Å². The molecule has 7 nitrogen and oxygen atoms in total. The SMILES string of the molecule is CN(C)CC(NC(=O)c1ccc(N2CCCCC2)c([N+](=O)[O-])c1)c1ccccc1. The quantitative estimate of drug-likeness (QED) is 0.571. The maximum absolute atomic E-state index is 12.9. The third kappa shape index (κ3) is 5.32. The molecule has 0 spiro atoms. The molecule has 1 amide bonds. The van der Waals surface area contributed by atoms with Crippen LogP contribution in [0.4, 0.5) is 11.4 Å². The summed E-state index contributed by atoms with van der Waals surface area (Å²) in [6.07, 6.45) is 3.21. The Kier molecular flexibility index (Phi) is 6.82. The second kappa shape index (κ2) is 9.52. The minimum Gasteiger partial charge on any atom is -0.366 e. The molecule has 2 aromatic rings. The van der Waals surface area contributed by atoms with Gasteiger partial charge in [0.2, 0.25) is 0 Å². The molecule has 0 saturated carbocycles. The van der Waals surface area contributed by atoms with Gasteiger partial charge in [0, 0.05) is 31.3 Å². The fraction of sp³-hybridized carbons (Fsp3) is 0.409. The van der Waals surface area contributed by atoms with Crippen molar-refractivity contribution in [3.63, 3.8) is 0 Å². The molecule has 1 heterocycles. The highest BCUT2D eigenvalue weighted by Crippen LogP contribution is 2.31. The number of nitrogens with zero attached hydrogens (tertiary/aromatic N) is 3. The molecular formula is C22H28N4O3. The second-order valence-corrected chi connectivity index (χ2v) is 7.71. The molecule has 1 atom stereocenters. The lowest BCUT2D eigenvalue weighted by atomic mass is 10.0. The average Bonchev–Trinajstić information content (AvgIpc) is 2.73. The molecule has 0 bridgehead atoms. The van der Waals surface area contributed by atoms with Gasteiger partial charge in [-0.3, -0.25) is 14.9 Å². The number of hydrogen-bond acceptors (Lipinski definition) is 5. The molecule has 0 aromatic heterocycles. The smallest absolute Gasteiger partial charge is 0.293 e. The van der Waals surface area contributed by atoms with E-state index in [0.29, 0.717) is 17.8 Å². The van der Waals surface area contributed by atoms with Crippen molar-refractivity contribution in [2.24, 2.45) is 0 Å². The van der Waals surface area contributed by atoms with Gasteiger partial charge in [-0.05, 0) is 51.1 Å². The minimum atomic E-state index is -0.394. The number of anilines is 1. The van der Waals surface area contributed by atoms with E-state index in [9.17, 15) is 14.9 Å². The van der Waals surface area contributed by atoms with E-state index in [1.165, 1.54) is 6.07 Å². The molecule has 1 saturated heterocycles. The zero-order chi connectivity index (χ0) is 20.8. The Balaban J connectivity index is 1.83. The van der Waals surface area contributed by atoms with Crippen LogP contribution in [0.3, 0.4) is 0 Å². The molecule has 1 N–H and O–H groups in total. The lowest BCUT2D eigenvalue weighted by Gasteiger charge is -2.28. The maximum atomic E-state index is 12.9. The third-order valence-corrected chi connectivity index (χ3v) is 5.19. The predicted octanol–water partition coefficient (Wildman–Crippen LogP) is 3.62. The molecule has 1 fully saturated rings. The average molecular weight is 396 g/mol. The molecule has 7 heteroatoms. The molecule has 2 aromatic carbocycles. The lowest BCUT2D eigenvalue weighted by molar-refractivity contribution is -0.384. The van der Waals surface area contributed by atoms with Crippen molar-refractivity contribution in [3.05, 3.63) is 69.8 Å². The Morgan fingerprint density at radius 1 is 1.14 bits per heavy atom. The van der Waals surface area contributed by atoms with Crippen LogP contribution in [0.25, 0.3) is 0 Å². The number of carbonyl (C=O) groups excluding carboxylic acids is 1. The number of nitro benzene ring substituents is 1. The summed E-state index contributed by atoms with van der Waals surface area (Å²) in [7, 11) is 3.89. The fourth-order valence-corrected chi connectivity index (χ4v) is 3.74. The first-order valence-electron chi connectivity index (χ1n) is 9.99. The molecule has 29 heavy (non-hydrogen) atoms. The Bertz CT molecular complexity index is 848. The van der Waals surface area contributed by atoms with E-state index in [-0.39, 0.29) is 17.6 Å². The number of hydrogen-bond donors (Lipinski definition) is 1. The van der Waals surface area contributed by atoms with Gasteiger partial charge in [-0.1, -0.05) is 30.3 Å². The van der Waals surface area contributed by atoms with Crippen LogP contribution in [0.2, 0.25) is 0 Å². The van der Waals surface area contributed by atoms with Gasteiger partial charge in [-0.25, -0.2) is 0 Å². The monoisotopic (exact) mass is 396 g/mol. The minimum absolute atomic E-state index is 0.0107. The van der Waals surface area contributed by atoms with E-state index in [1.807, 2.05) is 54.2 Å². The zero-order valence-corrected chi connectivity index (χ0v) is 17.0. The van der Waals surface area contributed by atoms with E-state index in [1.54, 1.807) is 12.1 Å². The van der Waals surface area contributed by atoms with Crippen LogP contribution in [0.1, 0.15) is 41.2 Å². The van der Waals surface area contributed by atoms with Gasteiger partial charge in [0.15, 0.2) is 0 Å². The summed E-state index contributed by atoms with van der Waals surface area (Å²) in [5.41, 5.74) is 1.88. The summed E-state index contributed by atoms with van der Waals surface area (Å²) in [6.45, 7) is 2.25. The molecule has 1 aliphatic rings. The number of amides is 1. The summed E-state index contributed by atoms with van der Waals surface area (Å²) in [5.74, 6) is -0.311. The molecule has 154 valence electrons. The maximum Gasteiger partial charge on any atom is 0.293 e. The van der Waals surface area contributed by atoms with E-state index < -0.39 is 4.92 Å². The molecule has 3 rings (SSSR count). The van der Waals surface area contributed by atoms with Gasteiger partial charge in [-0.15, -0.1) is 0 Å². The van der Waals surface area contributed by atoms with Gasteiger partial charge < -0.3 is 15.1 Å². The largest absolute Gasteiger partial charge is 0.366 e.